The van der Waals surface area contributed by atoms with Crippen LogP contribution in [0.1, 0.15) is 0 Å². The van der Waals surface area contributed by atoms with E-state index in [-0.39, 0.29) is 5.88 Å². The lowest BCUT2D eigenvalue weighted by Crippen LogP contribution is -2.06. The molecule has 2 heterocycles. The van der Waals surface area contributed by atoms with Crippen LogP contribution in [0.5, 0.6) is 11.6 Å². The molecule has 9 heteroatoms. The molecule has 0 aliphatic heterocycles. The van der Waals surface area contributed by atoms with E-state index in [0.717, 1.165) is 0 Å². The van der Waals surface area contributed by atoms with E-state index in [2.05, 4.69) is 29.9 Å². The Hall–Kier alpha value is -3.49. The number of hydrogen-bond donors (Lipinski definition) is 2. The molecular formula is C13H9N5O4. The quantitative estimate of drug-likeness (QED) is 0.752. The number of hydrogen-bond acceptors (Lipinski definition) is 7. The Kier molecular flexibility index (Phi) is 3.60. The Morgan fingerprint density at radius 2 is 2.14 bits per heavy atom. The summed E-state index contributed by atoms with van der Waals surface area (Å²) in [7, 11) is 0. The van der Waals surface area contributed by atoms with Crippen LogP contribution in [-0.4, -0.2) is 31.3 Å². The molecule has 0 atom stereocenters. The highest BCUT2D eigenvalue weighted by Gasteiger charge is 2.08. The largest absolute Gasteiger partial charge is 0.465 e. The van der Waals surface area contributed by atoms with E-state index in [9.17, 15) is 4.79 Å². The van der Waals surface area contributed by atoms with Crippen molar-refractivity contribution in [3.63, 3.8) is 0 Å². The molecule has 9 nitrogen and oxygen atoms in total. The molecule has 0 radical (unpaired) electrons. The minimum absolute atomic E-state index is 0.266. The minimum Gasteiger partial charge on any atom is -0.465 e. The molecule has 110 valence electrons. The second-order valence-electron chi connectivity index (χ2n) is 4.06. The fourth-order valence-corrected chi connectivity index (χ4v) is 1.68. The molecule has 0 spiro atoms. The first kappa shape index (κ1) is 13.5. The van der Waals surface area contributed by atoms with Crippen LogP contribution in [0.2, 0.25) is 0 Å². The molecule has 0 unspecified atom stereocenters. The first-order valence-electron chi connectivity index (χ1n) is 6.07. The molecule has 3 rings (SSSR count). The van der Waals surface area contributed by atoms with Gasteiger partial charge in [0, 0.05) is 17.8 Å². The maximum Gasteiger partial charge on any atom is 0.409 e. The third-order valence-corrected chi connectivity index (χ3v) is 2.54. The third-order valence-electron chi connectivity index (χ3n) is 2.54. The number of amides is 1. The van der Waals surface area contributed by atoms with E-state index in [0.29, 0.717) is 23.0 Å². The van der Waals surface area contributed by atoms with Gasteiger partial charge < -0.3 is 14.4 Å². The van der Waals surface area contributed by atoms with Crippen molar-refractivity contribution in [2.75, 3.05) is 5.32 Å². The molecule has 0 bridgehead atoms. The predicted octanol–water partition coefficient (Wildman–Crippen LogP) is 2.41. The number of anilines is 1. The van der Waals surface area contributed by atoms with Gasteiger partial charge in [-0.2, -0.15) is 4.98 Å². The van der Waals surface area contributed by atoms with Gasteiger partial charge in [0.1, 0.15) is 17.8 Å². The Morgan fingerprint density at radius 1 is 1.23 bits per heavy atom. The lowest BCUT2D eigenvalue weighted by molar-refractivity contribution is 0.210. The lowest BCUT2D eigenvalue weighted by Gasteiger charge is -2.07. The van der Waals surface area contributed by atoms with Gasteiger partial charge in [0.2, 0.25) is 18.1 Å². The Labute approximate surface area is 123 Å². The zero-order chi connectivity index (χ0) is 15.4. The minimum atomic E-state index is -1.15. The van der Waals surface area contributed by atoms with Crippen LogP contribution < -0.4 is 10.1 Å². The Balaban J connectivity index is 1.81. The van der Waals surface area contributed by atoms with Crippen LogP contribution in [-0.2, 0) is 0 Å². The first-order chi connectivity index (χ1) is 10.7. The second kappa shape index (κ2) is 5.87. The maximum atomic E-state index is 10.6. The molecule has 0 saturated carbocycles. The molecule has 2 aromatic heterocycles. The van der Waals surface area contributed by atoms with Gasteiger partial charge in [0.05, 0.1) is 0 Å². The van der Waals surface area contributed by atoms with Crippen LogP contribution in [0.25, 0.3) is 11.5 Å². The summed E-state index contributed by atoms with van der Waals surface area (Å²) in [6, 6.07) is 8.00. The number of benzene rings is 1. The third kappa shape index (κ3) is 3.15. The zero-order valence-electron chi connectivity index (χ0n) is 11.0. The molecule has 0 aliphatic rings. The van der Waals surface area contributed by atoms with Crippen LogP contribution in [0, 0.1) is 0 Å². The van der Waals surface area contributed by atoms with Crippen LogP contribution in [0.15, 0.2) is 47.6 Å². The topological polar surface area (TPSA) is 123 Å². The average Bonchev–Trinajstić information content (AvgIpc) is 3.01. The first-order valence-corrected chi connectivity index (χ1v) is 6.07. The summed E-state index contributed by atoms with van der Waals surface area (Å²) < 4.78 is 10.2. The van der Waals surface area contributed by atoms with Crippen molar-refractivity contribution in [2.24, 2.45) is 0 Å². The molecular weight excluding hydrogens is 290 g/mol. The summed E-state index contributed by atoms with van der Waals surface area (Å²) in [5.74, 6) is 1.000. The molecule has 0 fully saturated rings. The van der Waals surface area contributed by atoms with Crippen molar-refractivity contribution in [1.82, 2.24) is 20.1 Å². The summed E-state index contributed by atoms with van der Waals surface area (Å²) in [6.07, 6.45) is 1.35. The number of nitrogens with zero attached hydrogens (tertiary/aromatic N) is 4. The van der Waals surface area contributed by atoms with E-state index < -0.39 is 6.09 Å². The highest BCUT2D eigenvalue weighted by molar-refractivity contribution is 5.83. The van der Waals surface area contributed by atoms with Gasteiger partial charge in [0.25, 0.3) is 0 Å². The molecule has 22 heavy (non-hydrogen) atoms. The van der Waals surface area contributed by atoms with Gasteiger partial charge in [-0.25, -0.2) is 14.8 Å². The summed E-state index contributed by atoms with van der Waals surface area (Å²) in [5.41, 5.74) is 0.830. The number of rotatable bonds is 4. The second-order valence-corrected chi connectivity index (χ2v) is 4.06. The fourth-order valence-electron chi connectivity index (χ4n) is 1.68. The highest BCUT2D eigenvalue weighted by Crippen LogP contribution is 2.24. The van der Waals surface area contributed by atoms with E-state index in [1.807, 2.05) is 0 Å². The maximum absolute atomic E-state index is 10.6. The van der Waals surface area contributed by atoms with Crippen molar-refractivity contribution < 1.29 is 19.2 Å². The van der Waals surface area contributed by atoms with E-state index in [4.69, 9.17) is 9.84 Å². The van der Waals surface area contributed by atoms with Gasteiger partial charge in [0.15, 0.2) is 0 Å². The van der Waals surface area contributed by atoms with Gasteiger partial charge in [-0.3, -0.25) is 5.32 Å². The average molecular weight is 299 g/mol. The zero-order valence-corrected chi connectivity index (χ0v) is 11.0. The normalized spacial score (nSPS) is 10.2. The Bertz CT molecular complexity index is 791. The summed E-state index contributed by atoms with van der Waals surface area (Å²) >= 11 is 0. The van der Waals surface area contributed by atoms with Crippen molar-refractivity contribution in [3.8, 4) is 23.1 Å². The number of carboxylic acid groups (broad SMARTS) is 1. The SMILES string of the molecule is O=C(O)Nc1cccc(Oc2cc(-c3ncon3)ncn2)c1. The molecule has 2 N–H and O–H groups in total. The number of aromatic nitrogens is 4. The summed E-state index contributed by atoms with van der Waals surface area (Å²) in [5, 5.41) is 14.6. The van der Waals surface area contributed by atoms with Gasteiger partial charge in [-0.1, -0.05) is 11.2 Å². The van der Waals surface area contributed by atoms with Crippen LogP contribution in [0.3, 0.4) is 0 Å². The van der Waals surface area contributed by atoms with E-state index in [1.54, 1.807) is 24.3 Å². The molecule has 1 aromatic carbocycles. The standard InChI is InChI=1S/C13H9N5O4/c19-13(20)17-8-2-1-3-9(4-8)22-11-5-10(14-6-15-11)12-16-7-21-18-12/h1-7,17H,(H,19,20). The van der Waals surface area contributed by atoms with Gasteiger partial charge in [-0.05, 0) is 12.1 Å². The molecule has 0 aliphatic carbocycles. The van der Waals surface area contributed by atoms with E-state index in [1.165, 1.54) is 18.8 Å². The molecule has 3 aromatic rings. The Morgan fingerprint density at radius 3 is 2.91 bits per heavy atom. The predicted molar refractivity (Wildman–Crippen MR) is 73.5 cm³/mol. The number of ether oxygens (including phenoxy) is 1. The molecule has 1 amide bonds. The highest BCUT2D eigenvalue weighted by atomic mass is 16.5. The molecule has 0 saturated heterocycles. The summed E-state index contributed by atoms with van der Waals surface area (Å²) in [4.78, 5) is 22.5. The lowest BCUT2D eigenvalue weighted by atomic mass is 10.3. The van der Waals surface area contributed by atoms with Crippen molar-refractivity contribution in [3.05, 3.63) is 43.1 Å². The van der Waals surface area contributed by atoms with Gasteiger partial charge >= 0.3 is 6.09 Å². The monoisotopic (exact) mass is 299 g/mol. The van der Waals surface area contributed by atoms with E-state index >= 15 is 0 Å². The number of carbonyl (C=O) groups is 1. The fraction of sp³-hybridized carbons (Fsp3) is 0. The summed E-state index contributed by atoms with van der Waals surface area (Å²) in [6.45, 7) is 0. The van der Waals surface area contributed by atoms with Gasteiger partial charge in [-0.15, -0.1) is 0 Å². The van der Waals surface area contributed by atoms with Crippen molar-refractivity contribution in [2.45, 2.75) is 0 Å². The van der Waals surface area contributed by atoms with Crippen molar-refractivity contribution in [1.29, 1.82) is 0 Å². The van der Waals surface area contributed by atoms with Crippen LogP contribution >= 0.6 is 0 Å². The van der Waals surface area contributed by atoms with Crippen LogP contribution in [0.4, 0.5) is 10.5 Å². The van der Waals surface area contributed by atoms with Crippen molar-refractivity contribution >= 4 is 11.8 Å². The number of nitrogens with one attached hydrogen (secondary N) is 1. The smallest absolute Gasteiger partial charge is 0.409 e.